The van der Waals surface area contributed by atoms with Crippen LogP contribution in [0.5, 0.6) is 0 Å². The Morgan fingerprint density at radius 3 is 1.62 bits per heavy atom. The van der Waals surface area contributed by atoms with Crippen molar-refractivity contribution in [3.8, 4) is 0 Å². The van der Waals surface area contributed by atoms with Crippen LogP contribution >= 0.6 is 0 Å². The van der Waals surface area contributed by atoms with Gasteiger partial charge in [-0.2, -0.15) is 10.2 Å². The summed E-state index contributed by atoms with van der Waals surface area (Å²) in [5.41, 5.74) is 18.1. The van der Waals surface area contributed by atoms with Crippen molar-refractivity contribution < 1.29 is 19.1 Å². The summed E-state index contributed by atoms with van der Waals surface area (Å²) < 4.78 is 5.24. The van der Waals surface area contributed by atoms with Crippen LogP contribution < -0.4 is 16.6 Å². The lowest BCUT2D eigenvalue weighted by molar-refractivity contribution is -0.134. The number of aliphatic imine (C=N–C) groups is 2. The van der Waals surface area contributed by atoms with Gasteiger partial charge in [-0.25, -0.2) is 4.79 Å². The minimum Gasteiger partial charge on any atom is -0.461 e. The summed E-state index contributed by atoms with van der Waals surface area (Å²) in [7, 11) is 0. The fraction of sp³-hybridized carbons (Fsp3) is 0.262. The number of Topliss-reactive ketones (excluding diaryl/α,β-unsaturated/α-hetero) is 1. The first-order valence-corrected chi connectivity index (χ1v) is 17.4. The highest BCUT2D eigenvalue weighted by Gasteiger charge is 2.33. The summed E-state index contributed by atoms with van der Waals surface area (Å²) >= 11 is 0. The van der Waals surface area contributed by atoms with E-state index in [0.717, 1.165) is 40.8 Å². The number of primary amides is 1. The smallest absolute Gasteiger partial charge is 0.361 e. The number of nitrogens with one attached hydrogen (secondary N) is 2. The van der Waals surface area contributed by atoms with Crippen LogP contribution in [-0.2, 0) is 27.2 Å². The highest BCUT2D eigenvalue weighted by atomic mass is 16.5. The van der Waals surface area contributed by atoms with Crippen LogP contribution in [0.15, 0.2) is 123 Å². The molecule has 0 unspecified atom stereocenters. The molecule has 0 aromatic heterocycles. The molecule has 0 bridgehead atoms. The summed E-state index contributed by atoms with van der Waals surface area (Å²) in [6, 6.07) is 32.1. The molecule has 4 aromatic carbocycles. The van der Waals surface area contributed by atoms with Crippen LogP contribution in [0, 0.1) is 0 Å². The maximum absolute atomic E-state index is 12.7. The number of hydrogen-bond acceptors (Lipinski definition) is 10. The van der Waals surface area contributed by atoms with Gasteiger partial charge in [0.15, 0.2) is 17.2 Å². The molecule has 4 N–H and O–H groups in total. The molecule has 2 aliphatic rings. The Bertz CT molecular complexity index is 2110. The summed E-state index contributed by atoms with van der Waals surface area (Å²) in [6.07, 6.45) is 1.59. The monoisotopic (exact) mass is 711 g/mol. The van der Waals surface area contributed by atoms with E-state index in [0.29, 0.717) is 22.7 Å². The molecule has 4 aromatic rings. The van der Waals surface area contributed by atoms with Gasteiger partial charge in [0.25, 0.3) is 5.91 Å². The lowest BCUT2D eigenvalue weighted by atomic mass is 9.85. The van der Waals surface area contributed by atoms with Crippen molar-refractivity contribution in [3.63, 3.8) is 0 Å². The SMILES string of the molecule is CC1(C)Cc2ccccc2C(C(=NNc2ccccc2)C(N)=O)=N1.CCOC(=O)C(=NNc1ccc(C(C)=O)cc1)C1=NC(C)(C)Cc2ccccc21. The maximum atomic E-state index is 12.7. The quantitative estimate of drug-likeness (QED) is 0.0710. The first kappa shape index (κ1) is 38.0. The first-order valence-electron chi connectivity index (χ1n) is 17.4. The number of amides is 1. The van der Waals surface area contributed by atoms with Crippen molar-refractivity contribution in [3.05, 3.63) is 131 Å². The van der Waals surface area contributed by atoms with Crippen LogP contribution in [0.25, 0.3) is 0 Å². The number of fused-ring (bicyclic) bond motifs is 2. The Morgan fingerprint density at radius 2 is 1.13 bits per heavy atom. The van der Waals surface area contributed by atoms with Crippen molar-refractivity contribution in [2.24, 2.45) is 25.9 Å². The Morgan fingerprint density at radius 1 is 0.679 bits per heavy atom. The predicted octanol–water partition coefficient (Wildman–Crippen LogP) is 6.81. The summed E-state index contributed by atoms with van der Waals surface area (Å²) in [5.74, 6) is -1.15. The predicted molar refractivity (Wildman–Crippen MR) is 212 cm³/mol. The van der Waals surface area contributed by atoms with Gasteiger partial charge < -0.3 is 10.5 Å². The number of para-hydroxylation sites is 1. The molecule has 11 heteroatoms. The molecule has 6 rings (SSSR count). The van der Waals surface area contributed by atoms with Gasteiger partial charge in [0.1, 0.15) is 5.71 Å². The van der Waals surface area contributed by atoms with Gasteiger partial charge >= 0.3 is 5.97 Å². The molecule has 1 amide bonds. The van der Waals surface area contributed by atoms with E-state index in [1.54, 1.807) is 31.2 Å². The van der Waals surface area contributed by atoms with Crippen LogP contribution in [0.2, 0.25) is 0 Å². The van der Waals surface area contributed by atoms with E-state index in [1.807, 2.05) is 100 Å². The van der Waals surface area contributed by atoms with Gasteiger partial charge in [-0.15, -0.1) is 0 Å². The maximum Gasteiger partial charge on any atom is 0.361 e. The van der Waals surface area contributed by atoms with Gasteiger partial charge in [-0.1, -0.05) is 66.7 Å². The molecule has 2 aliphatic heterocycles. The lowest BCUT2D eigenvalue weighted by Crippen LogP contribution is -2.38. The average Bonchev–Trinajstić information content (AvgIpc) is 3.11. The fourth-order valence-electron chi connectivity index (χ4n) is 6.06. The van der Waals surface area contributed by atoms with E-state index in [-0.39, 0.29) is 34.9 Å². The zero-order chi connectivity index (χ0) is 38.2. The van der Waals surface area contributed by atoms with E-state index in [1.165, 1.54) is 6.92 Å². The second-order valence-electron chi connectivity index (χ2n) is 13.9. The number of anilines is 2. The number of benzene rings is 4. The molecular weight excluding hydrogens is 667 g/mol. The number of rotatable bonds is 10. The third-order valence-corrected chi connectivity index (χ3v) is 8.43. The Kier molecular flexibility index (Phi) is 11.8. The van der Waals surface area contributed by atoms with Crippen molar-refractivity contribution in [2.45, 2.75) is 65.5 Å². The molecule has 0 aliphatic carbocycles. The lowest BCUT2D eigenvalue weighted by Gasteiger charge is -2.29. The number of esters is 1. The van der Waals surface area contributed by atoms with Crippen molar-refractivity contribution in [2.75, 3.05) is 17.5 Å². The second kappa shape index (κ2) is 16.4. The number of nitrogens with two attached hydrogens (primary N) is 1. The molecule has 0 saturated heterocycles. The van der Waals surface area contributed by atoms with E-state index >= 15 is 0 Å². The third-order valence-electron chi connectivity index (χ3n) is 8.43. The van der Waals surface area contributed by atoms with Crippen LogP contribution in [-0.4, -0.2) is 58.2 Å². The third kappa shape index (κ3) is 9.76. The summed E-state index contributed by atoms with van der Waals surface area (Å²) in [4.78, 5) is 45.7. The van der Waals surface area contributed by atoms with E-state index < -0.39 is 11.9 Å². The number of carbonyl (C=O) groups excluding carboxylic acids is 3. The second-order valence-corrected chi connectivity index (χ2v) is 13.9. The summed E-state index contributed by atoms with van der Waals surface area (Å²) in [6.45, 7) is 11.6. The molecule has 11 nitrogen and oxygen atoms in total. The standard InChI is InChI=1S/C23H25N3O3.C19H20N4O/c1-5-29-22(28)21(26-25-18-12-10-16(11-13-18)15(2)27)20-19-9-7-6-8-17(19)14-23(3,4)24-20;1-19(2)12-13-8-6-7-11-15(13)16(21-19)17(18(20)24)23-22-14-9-4-3-5-10-14/h6-13,25H,5,14H2,1-4H3;3-11,22H,12H2,1-2H3,(H2,20,24). The van der Waals surface area contributed by atoms with Gasteiger partial charge in [-0.05, 0) is 102 Å². The van der Waals surface area contributed by atoms with E-state index in [9.17, 15) is 14.4 Å². The number of hydrazone groups is 2. The van der Waals surface area contributed by atoms with E-state index in [2.05, 4.69) is 27.1 Å². The van der Waals surface area contributed by atoms with Gasteiger partial charge in [0, 0.05) is 16.7 Å². The van der Waals surface area contributed by atoms with Gasteiger partial charge in [-0.3, -0.25) is 30.4 Å². The Balaban J connectivity index is 0.000000208. The summed E-state index contributed by atoms with van der Waals surface area (Å²) in [5, 5.41) is 8.59. The molecule has 0 fully saturated rings. The van der Waals surface area contributed by atoms with Crippen LogP contribution in [0.1, 0.15) is 74.2 Å². The normalized spacial score (nSPS) is 15.6. The molecule has 272 valence electrons. The van der Waals surface area contributed by atoms with Crippen LogP contribution in [0.4, 0.5) is 11.4 Å². The minimum absolute atomic E-state index is 0.0114. The number of ether oxygens (including phenoxy) is 1. The number of ketones is 1. The fourth-order valence-corrected chi connectivity index (χ4v) is 6.06. The number of nitrogens with zero attached hydrogens (tertiary/aromatic N) is 4. The van der Waals surface area contributed by atoms with Crippen molar-refractivity contribution in [1.82, 2.24) is 0 Å². The molecule has 53 heavy (non-hydrogen) atoms. The molecular formula is C42H45N7O4. The molecule has 0 spiro atoms. The first-order chi connectivity index (χ1) is 25.3. The van der Waals surface area contributed by atoms with Crippen LogP contribution in [0.3, 0.4) is 0 Å². The zero-order valence-electron chi connectivity index (χ0n) is 30.9. The Labute approximate surface area is 310 Å². The topological polar surface area (TPSA) is 160 Å². The van der Waals surface area contributed by atoms with Crippen molar-refractivity contribution in [1.29, 1.82) is 0 Å². The number of carbonyl (C=O) groups is 3. The zero-order valence-corrected chi connectivity index (χ0v) is 30.9. The highest BCUT2D eigenvalue weighted by Crippen LogP contribution is 2.29. The number of hydrogen-bond donors (Lipinski definition) is 3. The average molecular weight is 712 g/mol. The van der Waals surface area contributed by atoms with E-state index in [4.69, 9.17) is 20.5 Å². The highest BCUT2D eigenvalue weighted by molar-refractivity contribution is 6.70. The van der Waals surface area contributed by atoms with Crippen molar-refractivity contribution >= 4 is 51.9 Å². The molecule has 0 radical (unpaired) electrons. The van der Waals surface area contributed by atoms with Gasteiger partial charge in [0.05, 0.1) is 34.8 Å². The molecule has 0 saturated carbocycles. The Hall–Kier alpha value is -6.23. The van der Waals surface area contributed by atoms with Gasteiger partial charge in [0.2, 0.25) is 0 Å². The minimum atomic E-state index is -0.607. The largest absolute Gasteiger partial charge is 0.461 e. The molecule has 0 atom stereocenters. The molecule has 2 heterocycles.